The first-order valence-corrected chi connectivity index (χ1v) is 5.29. The van der Waals surface area contributed by atoms with Gasteiger partial charge in [-0.1, -0.05) is 26.7 Å². The molecule has 3 nitrogen and oxygen atoms in total. The summed E-state index contributed by atoms with van der Waals surface area (Å²) in [5, 5.41) is 0. The fourth-order valence-corrected chi connectivity index (χ4v) is 1.32. The number of carbonyl (C=O) groups is 2. The van der Waals surface area contributed by atoms with Crippen molar-refractivity contribution in [1.29, 1.82) is 0 Å². The van der Waals surface area contributed by atoms with Gasteiger partial charge in [-0.05, 0) is 13.3 Å². The standard InChI is InChI=1S/C11H20O3/c1-4-6-7-10(8-12)9(3)11(13)14-5-2/h8-10H,4-7H2,1-3H3/t9-,10-/m1/s1. The number of hydrogen-bond donors (Lipinski definition) is 0. The smallest absolute Gasteiger partial charge is 0.309 e. The summed E-state index contributed by atoms with van der Waals surface area (Å²) in [6.45, 7) is 5.97. The number of aldehydes is 1. The summed E-state index contributed by atoms with van der Waals surface area (Å²) in [7, 11) is 0. The van der Waals surface area contributed by atoms with E-state index in [9.17, 15) is 9.59 Å². The maximum absolute atomic E-state index is 11.3. The quantitative estimate of drug-likeness (QED) is 0.467. The third-order valence-corrected chi connectivity index (χ3v) is 2.37. The maximum atomic E-state index is 11.3. The molecule has 82 valence electrons. The number of esters is 1. The Morgan fingerprint density at radius 1 is 1.43 bits per heavy atom. The number of carbonyl (C=O) groups excluding carboxylic acids is 2. The molecule has 0 bridgehead atoms. The molecule has 0 amide bonds. The molecule has 0 saturated heterocycles. The van der Waals surface area contributed by atoms with Gasteiger partial charge in [0.15, 0.2) is 0 Å². The molecule has 0 aromatic rings. The first-order chi connectivity index (χ1) is 6.67. The molecule has 0 saturated carbocycles. The van der Waals surface area contributed by atoms with Gasteiger partial charge in [0.1, 0.15) is 6.29 Å². The molecule has 3 heteroatoms. The lowest BCUT2D eigenvalue weighted by atomic mass is 9.91. The summed E-state index contributed by atoms with van der Waals surface area (Å²) in [6.07, 6.45) is 3.67. The second-order valence-corrected chi connectivity index (χ2v) is 3.48. The van der Waals surface area contributed by atoms with E-state index in [4.69, 9.17) is 4.74 Å². The van der Waals surface area contributed by atoms with Crippen LogP contribution in [-0.4, -0.2) is 18.9 Å². The van der Waals surface area contributed by atoms with Crippen molar-refractivity contribution in [3.8, 4) is 0 Å². The van der Waals surface area contributed by atoms with Gasteiger partial charge in [0.05, 0.1) is 12.5 Å². The summed E-state index contributed by atoms with van der Waals surface area (Å²) >= 11 is 0. The highest BCUT2D eigenvalue weighted by molar-refractivity contribution is 5.76. The fraction of sp³-hybridized carbons (Fsp3) is 0.818. The molecule has 0 aliphatic heterocycles. The van der Waals surface area contributed by atoms with E-state index in [1.807, 2.05) is 0 Å². The largest absolute Gasteiger partial charge is 0.466 e. The van der Waals surface area contributed by atoms with Crippen LogP contribution in [0.5, 0.6) is 0 Å². The molecule has 0 aromatic carbocycles. The van der Waals surface area contributed by atoms with Crippen LogP contribution in [0.4, 0.5) is 0 Å². The van der Waals surface area contributed by atoms with Crippen LogP contribution in [0.2, 0.25) is 0 Å². The molecule has 0 N–H and O–H groups in total. The van der Waals surface area contributed by atoms with Gasteiger partial charge in [-0.15, -0.1) is 0 Å². The van der Waals surface area contributed by atoms with Crippen molar-refractivity contribution < 1.29 is 14.3 Å². The van der Waals surface area contributed by atoms with Crippen LogP contribution in [0.15, 0.2) is 0 Å². The molecule has 14 heavy (non-hydrogen) atoms. The number of rotatable bonds is 7. The van der Waals surface area contributed by atoms with E-state index in [-0.39, 0.29) is 17.8 Å². The van der Waals surface area contributed by atoms with Crippen LogP contribution in [0.3, 0.4) is 0 Å². The normalized spacial score (nSPS) is 14.5. The van der Waals surface area contributed by atoms with Crippen molar-refractivity contribution >= 4 is 12.3 Å². The Bertz CT molecular complexity index is 177. The van der Waals surface area contributed by atoms with Crippen molar-refractivity contribution in [3.63, 3.8) is 0 Å². The van der Waals surface area contributed by atoms with E-state index >= 15 is 0 Å². The first-order valence-electron chi connectivity index (χ1n) is 5.29. The van der Waals surface area contributed by atoms with E-state index < -0.39 is 0 Å². The fourth-order valence-electron chi connectivity index (χ4n) is 1.32. The van der Waals surface area contributed by atoms with Crippen molar-refractivity contribution in [3.05, 3.63) is 0 Å². The second-order valence-electron chi connectivity index (χ2n) is 3.48. The number of unbranched alkanes of at least 4 members (excludes halogenated alkanes) is 1. The first kappa shape index (κ1) is 13.1. The van der Waals surface area contributed by atoms with Crippen molar-refractivity contribution in [1.82, 2.24) is 0 Å². The van der Waals surface area contributed by atoms with E-state index in [1.165, 1.54) is 0 Å². The highest BCUT2D eigenvalue weighted by atomic mass is 16.5. The third kappa shape index (κ3) is 4.40. The molecule has 0 aliphatic carbocycles. The predicted octanol–water partition coefficient (Wildman–Crippen LogP) is 2.19. The highest BCUT2D eigenvalue weighted by Gasteiger charge is 2.23. The Hall–Kier alpha value is -0.860. The Morgan fingerprint density at radius 2 is 2.07 bits per heavy atom. The minimum absolute atomic E-state index is 0.186. The molecular weight excluding hydrogens is 180 g/mol. The summed E-state index contributed by atoms with van der Waals surface area (Å²) in [5.41, 5.74) is 0. The van der Waals surface area contributed by atoms with Crippen molar-refractivity contribution in [2.24, 2.45) is 11.8 Å². The van der Waals surface area contributed by atoms with Crippen molar-refractivity contribution in [2.75, 3.05) is 6.61 Å². The van der Waals surface area contributed by atoms with Crippen LogP contribution in [-0.2, 0) is 14.3 Å². The van der Waals surface area contributed by atoms with Gasteiger partial charge in [0, 0.05) is 5.92 Å². The van der Waals surface area contributed by atoms with Crippen LogP contribution in [0.1, 0.15) is 40.0 Å². The Balaban J connectivity index is 4.08. The minimum atomic E-state index is -0.306. The topological polar surface area (TPSA) is 43.4 Å². The molecule has 2 atom stereocenters. The summed E-state index contributed by atoms with van der Waals surface area (Å²) in [4.78, 5) is 22.1. The monoisotopic (exact) mass is 200 g/mol. The van der Waals surface area contributed by atoms with Gasteiger partial charge in [0.25, 0.3) is 0 Å². The summed E-state index contributed by atoms with van der Waals surface area (Å²) in [6, 6.07) is 0. The number of ether oxygens (including phenoxy) is 1. The third-order valence-electron chi connectivity index (χ3n) is 2.37. The molecule has 0 aliphatic rings. The van der Waals surface area contributed by atoms with E-state index in [0.717, 1.165) is 25.5 Å². The zero-order valence-corrected chi connectivity index (χ0v) is 9.29. The molecule has 0 rings (SSSR count). The zero-order valence-electron chi connectivity index (χ0n) is 9.29. The van der Waals surface area contributed by atoms with Gasteiger partial charge in [-0.3, -0.25) is 4.79 Å². The maximum Gasteiger partial charge on any atom is 0.309 e. The van der Waals surface area contributed by atoms with Crippen LogP contribution in [0.25, 0.3) is 0 Å². The molecule has 0 radical (unpaired) electrons. The molecule has 0 fully saturated rings. The SMILES string of the molecule is CCCC[C@H](C=O)[C@@H](C)C(=O)OCC. The average molecular weight is 200 g/mol. The Kier molecular flexibility index (Phi) is 7.07. The van der Waals surface area contributed by atoms with Crippen molar-refractivity contribution in [2.45, 2.75) is 40.0 Å². The van der Waals surface area contributed by atoms with Gasteiger partial charge in [-0.25, -0.2) is 0 Å². The van der Waals surface area contributed by atoms with Gasteiger partial charge >= 0.3 is 5.97 Å². The van der Waals surface area contributed by atoms with Crippen LogP contribution >= 0.6 is 0 Å². The Morgan fingerprint density at radius 3 is 2.50 bits per heavy atom. The van der Waals surface area contributed by atoms with E-state index in [2.05, 4.69) is 6.92 Å². The summed E-state index contributed by atoms with van der Waals surface area (Å²) in [5.74, 6) is -0.756. The highest BCUT2D eigenvalue weighted by Crippen LogP contribution is 2.17. The predicted molar refractivity (Wildman–Crippen MR) is 54.9 cm³/mol. The zero-order chi connectivity index (χ0) is 11.0. The molecule has 0 aromatic heterocycles. The Labute approximate surface area is 85.8 Å². The number of hydrogen-bond acceptors (Lipinski definition) is 3. The van der Waals surface area contributed by atoms with Crippen LogP contribution in [0, 0.1) is 11.8 Å². The van der Waals surface area contributed by atoms with Gasteiger partial charge in [0.2, 0.25) is 0 Å². The van der Waals surface area contributed by atoms with E-state index in [0.29, 0.717) is 6.61 Å². The molecule has 0 heterocycles. The lowest BCUT2D eigenvalue weighted by Crippen LogP contribution is -2.24. The average Bonchev–Trinajstić information content (AvgIpc) is 2.19. The molecule has 0 spiro atoms. The molecular formula is C11H20O3. The lowest BCUT2D eigenvalue weighted by molar-refractivity contribution is -0.150. The van der Waals surface area contributed by atoms with E-state index in [1.54, 1.807) is 13.8 Å². The lowest BCUT2D eigenvalue weighted by Gasteiger charge is -2.16. The van der Waals surface area contributed by atoms with Gasteiger partial charge < -0.3 is 9.53 Å². The minimum Gasteiger partial charge on any atom is -0.466 e. The van der Waals surface area contributed by atoms with Gasteiger partial charge in [-0.2, -0.15) is 0 Å². The molecule has 0 unspecified atom stereocenters. The van der Waals surface area contributed by atoms with Crippen LogP contribution < -0.4 is 0 Å². The second kappa shape index (κ2) is 7.54. The summed E-state index contributed by atoms with van der Waals surface area (Å²) < 4.78 is 4.87.